The van der Waals surface area contributed by atoms with Crippen molar-refractivity contribution in [3.05, 3.63) is 52.7 Å². The molecule has 0 aliphatic carbocycles. The Hall–Kier alpha value is -2.64. The lowest BCUT2D eigenvalue weighted by Crippen LogP contribution is -2.38. The number of halogens is 1. The van der Waals surface area contributed by atoms with Crippen LogP contribution in [0.2, 0.25) is 5.02 Å². The van der Waals surface area contributed by atoms with Gasteiger partial charge < -0.3 is 19.7 Å². The first-order valence-corrected chi connectivity index (χ1v) is 11.5. The molecule has 8 heteroatoms. The maximum atomic E-state index is 13.2. The van der Waals surface area contributed by atoms with Crippen molar-refractivity contribution in [1.29, 1.82) is 0 Å². The predicted octanol–water partition coefficient (Wildman–Crippen LogP) is 5.15. The maximum absolute atomic E-state index is 13.2. The van der Waals surface area contributed by atoms with Gasteiger partial charge in [-0.05, 0) is 30.7 Å². The molecule has 31 heavy (non-hydrogen) atoms. The third kappa shape index (κ3) is 4.38. The normalized spacial score (nSPS) is 13.9. The van der Waals surface area contributed by atoms with Crippen LogP contribution in [0.3, 0.4) is 0 Å². The van der Waals surface area contributed by atoms with Crippen molar-refractivity contribution in [1.82, 2.24) is 9.88 Å². The van der Waals surface area contributed by atoms with Crippen molar-refractivity contribution in [2.45, 2.75) is 6.92 Å². The van der Waals surface area contributed by atoms with E-state index in [1.54, 1.807) is 26.4 Å². The van der Waals surface area contributed by atoms with E-state index >= 15 is 0 Å². The monoisotopic (exact) mass is 457 g/mol. The standard InChI is InChI=1S/C23H24ClN3O3S/c1-14-11-18(21(30-3)12-16(14)24)25-17-13-19(23(28)27-7-9-31-10-8-27)26-22-15(17)5-4-6-20(22)29-2/h4-6,11-13H,7-10H2,1-3H3,(H,25,26). The smallest absolute Gasteiger partial charge is 0.272 e. The molecular formula is C23H24ClN3O3S. The average Bonchev–Trinajstić information content (AvgIpc) is 2.80. The third-order valence-electron chi connectivity index (χ3n) is 5.29. The molecule has 1 aliphatic rings. The van der Waals surface area contributed by atoms with Gasteiger partial charge in [-0.3, -0.25) is 4.79 Å². The van der Waals surface area contributed by atoms with Crippen molar-refractivity contribution in [2.24, 2.45) is 0 Å². The van der Waals surface area contributed by atoms with Gasteiger partial charge in [0.05, 0.1) is 25.6 Å². The number of amides is 1. The number of hydrogen-bond donors (Lipinski definition) is 1. The van der Waals surface area contributed by atoms with Crippen LogP contribution in [0.5, 0.6) is 11.5 Å². The number of carbonyl (C=O) groups excluding carboxylic acids is 1. The lowest BCUT2D eigenvalue weighted by atomic mass is 10.1. The highest BCUT2D eigenvalue weighted by Crippen LogP contribution is 2.37. The van der Waals surface area contributed by atoms with Gasteiger partial charge in [0.25, 0.3) is 5.91 Å². The van der Waals surface area contributed by atoms with E-state index in [0.29, 0.717) is 27.7 Å². The molecule has 2 heterocycles. The second-order valence-electron chi connectivity index (χ2n) is 7.24. The summed E-state index contributed by atoms with van der Waals surface area (Å²) in [4.78, 5) is 19.8. The number of pyridine rings is 1. The van der Waals surface area contributed by atoms with Crippen molar-refractivity contribution >= 4 is 51.5 Å². The topological polar surface area (TPSA) is 63.7 Å². The van der Waals surface area contributed by atoms with Crippen LogP contribution >= 0.6 is 23.4 Å². The zero-order valence-corrected chi connectivity index (χ0v) is 19.3. The Morgan fingerprint density at radius 1 is 1.10 bits per heavy atom. The molecule has 0 radical (unpaired) electrons. The number of thioether (sulfide) groups is 1. The van der Waals surface area contributed by atoms with Crippen molar-refractivity contribution in [3.8, 4) is 11.5 Å². The first-order valence-electron chi connectivity index (χ1n) is 9.97. The van der Waals surface area contributed by atoms with Crippen molar-refractivity contribution < 1.29 is 14.3 Å². The third-order valence-corrected chi connectivity index (χ3v) is 6.64. The number of hydrogen-bond acceptors (Lipinski definition) is 6. The van der Waals surface area contributed by atoms with Gasteiger partial charge in [0.2, 0.25) is 0 Å². The van der Waals surface area contributed by atoms with Crippen LogP contribution in [0.1, 0.15) is 16.1 Å². The molecule has 0 spiro atoms. The first-order chi connectivity index (χ1) is 15.0. The van der Waals surface area contributed by atoms with Gasteiger partial charge in [-0.2, -0.15) is 11.8 Å². The average molecular weight is 458 g/mol. The predicted molar refractivity (Wildman–Crippen MR) is 128 cm³/mol. The molecule has 162 valence electrons. The second kappa shape index (κ2) is 9.24. The molecule has 1 N–H and O–H groups in total. The van der Waals surface area contributed by atoms with Crippen molar-refractivity contribution in [3.63, 3.8) is 0 Å². The highest BCUT2D eigenvalue weighted by Gasteiger charge is 2.22. The minimum Gasteiger partial charge on any atom is -0.495 e. The highest BCUT2D eigenvalue weighted by molar-refractivity contribution is 7.99. The van der Waals surface area contributed by atoms with Gasteiger partial charge in [0.1, 0.15) is 22.7 Å². The van der Waals surface area contributed by atoms with E-state index in [0.717, 1.165) is 46.9 Å². The number of nitrogens with one attached hydrogen (secondary N) is 1. The number of benzene rings is 2. The second-order valence-corrected chi connectivity index (χ2v) is 8.87. The van der Waals surface area contributed by atoms with E-state index in [1.165, 1.54) is 0 Å². The Kier molecular flexibility index (Phi) is 6.43. The maximum Gasteiger partial charge on any atom is 0.272 e. The number of fused-ring (bicyclic) bond motifs is 1. The van der Waals surface area contributed by atoms with Gasteiger partial charge in [-0.1, -0.05) is 23.7 Å². The Morgan fingerprint density at radius 2 is 1.84 bits per heavy atom. The lowest BCUT2D eigenvalue weighted by molar-refractivity contribution is 0.0767. The molecule has 0 bridgehead atoms. The van der Waals surface area contributed by atoms with Crippen LogP contribution in [0, 0.1) is 6.92 Å². The van der Waals surface area contributed by atoms with Crippen LogP contribution in [0.15, 0.2) is 36.4 Å². The molecule has 1 amide bonds. The summed E-state index contributed by atoms with van der Waals surface area (Å²) in [5.41, 5.74) is 3.44. The molecule has 6 nitrogen and oxygen atoms in total. The number of nitrogens with zero attached hydrogens (tertiary/aromatic N) is 2. The summed E-state index contributed by atoms with van der Waals surface area (Å²) in [5.74, 6) is 3.03. The minimum atomic E-state index is -0.0737. The summed E-state index contributed by atoms with van der Waals surface area (Å²) < 4.78 is 11.1. The minimum absolute atomic E-state index is 0.0737. The van der Waals surface area contributed by atoms with Crippen LogP contribution in [-0.4, -0.2) is 54.6 Å². The molecule has 3 aromatic rings. The zero-order valence-electron chi connectivity index (χ0n) is 17.7. The van der Waals surface area contributed by atoms with Gasteiger partial charge in [-0.15, -0.1) is 0 Å². The number of aromatic nitrogens is 1. The number of aryl methyl sites for hydroxylation is 1. The molecule has 0 unspecified atom stereocenters. The van der Waals surface area contributed by atoms with Crippen molar-refractivity contribution in [2.75, 3.05) is 44.1 Å². The molecule has 1 saturated heterocycles. The zero-order chi connectivity index (χ0) is 22.0. The van der Waals surface area contributed by atoms with Crippen LogP contribution in [0.25, 0.3) is 10.9 Å². The largest absolute Gasteiger partial charge is 0.495 e. The number of methoxy groups -OCH3 is 2. The number of ether oxygens (including phenoxy) is 2. The van der Waals surface area contributed by atoms with E-state index in [1.807, 2.05) is 47.9 Å². The summed E-state index contributed by atoms with van der Waals surface area (Å²) in [6.07, 6.45) is 0. The van der Waals surface area contributed by atoms with E-state index in [4.69, 9.17) is 21.1 Å². The summed E-state index contributed by atoms with van der Waals surface area (Å²) in [6.45, 7) is 3.38. The Morgan fingerprint density at radius 3 is 2.55 bits per heavy atom. The lowest BCUT2D eigenvalue weighted by Gasteiger charge is -2.26. The SMILES string of the molecule is COc1cc(Cl)c(C)cc1Nc1cc(C(=O)N2CCSCC2)nc2c(OC)cccc12. The summed E-state index contributed by atoms with van der Waals surface area (Å²) >= 11 is 8.13. The molecule has 0 saturated carbocycles. The van der Waals surface area contributed by atoms with Crippen LogP contribution < -0.4 is 14.8 Å². The fraction of sp³-hybridized carbons (Fsp3) is 0.304. The van der Waals surface area contributed by atoms with E-state index in [-0.39, 0.29) is 5.91 Å². The Balaban J connectivity index is 1.84. The molecule has 1 fully saturated rings. The molecule has 0 atom stereocenters. The first kappa shape index (κ1) is 21.6. The quantitative estimate of drug-likeness (QED) is 0.571. The molecule has 1 aliphatic heterocycles. The number of carbonyl (C=O) groups is 1. The molecule has 2 aromatic carbocycles. The van der Waals surface area contributed by atoms with Crippen LogP contribution in [0.4, 0.5) is 11.4 Å². The van der Waals surface area contributed by atoms with Gasteiger partial charge in [0, 0.05) is 41.1 Å². The van der Waals surface area contributed by atoms with Gasteiger partial charge in [-0.25, -0.2) is 4.98 Å². The molecule has 4 rings (SSSR count). The molecular weight excluding hydrogens is 434 g/mol. The fourth-order valence-electron chi connectivity index (χ4n) is 3.60. The van der Waals surface area contributed by atoms with E-state index in [9.17, 15) is 4.79 Å². The Labute approximate surface area is 190 Å². The number of para-hydroxylation sites is 1. The van der Waals surface area contributed by atoms with Gasteiger partial charge in [0.15, 0.2) is 0 Å². The Bertz CT molecular complexity index is 1130. The fourth-order valence-corrected chi connectivity index (χ4v) is 4.66. The van der Waals surface area contributed by atoms with Crippen LogP contribution in [-0.2, 0) is 0 Å². The summed E-state index contributed by atoms with van der Waals surface area (Å²) in [5, 5.41) is 4.90. The number of anilines is 2. The summed E-state index contributed by atoms with van der Waals surface area (Å²) in [7, 11) is 3.20. The highest BCUT2D eigenvalue weighted by atomic mass is 35.5. The van der Waals surface area contributed by atoms with Gasteiger partial charge >= 0.3 is 0 Å². The van der Waals surface area contributed by atoms with E-state index < -0.39 is 0 Å². The summed E-state index contributed by atoms with van der Waals surface area (Å²) in [6, 6.07) is 11.2. The molecule has 1 aromatic heterocycles. The van der Waals surface area contributed by atoms with E-state index in [2.05, 4.69) is 10.3 Å². The number of rotatable bonds is 5.